The zero-order chi connectivity index (χ0) is 13.2. The average Bonchev–Trinajstić information content (AvgIpc) is 2.39. The lowest BCUT2D eigenvalue weighted by molar-refractivity contribution is 0.115. The van der Waals surface area contributed by atoms with E-state index >= 15 is 0 Å². The highest BCUT2D eigenvalue weighted by Crippen LogP contribution is 2.43. The van der Waals surface area contributed by atoms with Crippen LogP contribution in [0.25, 0.3) is 0 Å². The molecule has 0 aliphatic heterocycles. The van der Waals surface area contributed by atoms with Gasteiger partial charge >= 0.3 is 0 Å². The summed E-state index contributed by atoms with van der Waals surface area (Å²) < 4.78 is 0. The van der Waals surface area contributed by atoms with Gasteiger partial charge in [-0.3, -0.25) is 0 Å². The van der Waals surface area contributed by atoms with Crippen molar-refractivity contribution in [3.63, 3.8) is 0 Å². The minimum Gasteiger partial charge on any atom is -0.388 e. The van der Waals surface area contributed by atoms with Crippen molar-refractivity contribution in [3.05, 3.63) is 59.2 Å². The van der Waals surface area contributed by atoms with Crippen molar-refractivity contribution in [2.24, 2.45) is 5.92 Å². The van der Waals surface area contributed by atoms with Crippen LogP contribution in [0.4, 0.5) is 0 Å². The summed E-state index contributed by atoms with van der Waals surface area (Å²) in [6.07, 6.45) is 5.61. The first-order chi connectivity index (χ1) is 8.57. The Kier molecular flexibility index (Phi) is 4.16. The number of aliphatic hydroxyl groups excluding tert-OH is 1. The van der Waals surface area contributed by atoms with Crippen molar-refractivity contribution in [2.75, 3.05) is 0 Å². The normalized spacial score (nSPS) is 28.9. The minimum atomic E-state index is -0.624. The van der Waals surface area contributed by atoms with Crippen LogP contribution in [0.2, 0.25) is 0 Å². The van der Waals surface area contributed by atoms with Crippen molar-refractivity contribution in [1.29, 1.82) is 0 Å². The van der Waals surface area contributed by atoms with Gasteiger partial charge in [0, 0.05) is 11.0 Å². The van der Waals surface area contributed by atoms with E-state index in [4.69, 9.17) is 23.2 Å². The molecule has 0 saturated heterocycles. The molecule has 18 heavy (non-hydrogen) atoms. The van der Waals surface area contributed by atoms with Gasteiger partial charge in [0.15, 0.2) is 0 Å². The zero-order valence-corrected chi connectivity index (χ0v) is 11.7. The van der Waals surface area contributed by atoms with Crippen LogP contribution in [0.3, 0.4) is 0 Å². The Bertz CT molecular complexity index is 467. The average molecular weight is 283 g/mol. The second-order valence-corrected chi connectivity index (χ2v) is 5.69. The Morgan fingerprint density at radius 1 is 1.33 bits per heavy atom. The van der Waals surface area contributed by atoms with Crippen LogP contribution in [-0.4, -0.2) is 9.98 Å². The molecular formula is C15H16Cl2O. The van der Waals surface area contributed by atoms with Crippen molar-refractivity contribution in [2.45, 2.75) is 24.3 Å². The number of benzene rings is 1. The summed E-state index contributed by atoms with van der Waals surface area (Å²) in [6.45, 7) is 2.00. The van der Waals surface area contributed by atoms with E-state index in [0.29, 0.717) is 11.5 Å². The van der Waals surface area contributed by atoms with E-state index in [1.54, 1.807) is 6.08 Å². The van der Waals surface area contributed by atoms with Crippen LogP contribution in [0.1, 0.15) is 25.0 Å². The van der Waals surface area contributed by atoms with E-state index in [0.717, 1.165) is 5.56 Å². The van der Waals surface area contributed by atoms with Gasteiger partial charge in [-0.2, -0.15) is 0 Å². The molecule has 1 nitrogen and oxygen atoms in total. The SMILES string of the molecule is CCC1(Cl)C=C(Cl)C=CC1C(O)c1ccccc1. The summed E-state index contributed by atoms with van der Waals surface area (Å²) >= 11 is 12.6. The number of hydrogen-bond acceptors (Lipinski definition) is 1. The number of aliphatic hydroxyl groups is 1. The second kappa shape index (κ2) is 5.48. The molecule has 1 aliphatic rings. The Labute approximate surface area is 118 Å². The van der Waals surface area contributed by atoms with Gasteiger partial charge in [0.1, 0.15) is 0 Å². The molecule has 2 rings (SSSR count). The van der Waals surface area contributed by atoms with Gasteiger partial charge in [-0.05, 0) is 24.1 Å². The molecule has 3 heteroatoms. The van der Waals surface area contributed by atoms with Gasteiger partial charge in [-0.25, -0.2) is 0 Å². The number of halogens is 2. The van der Waals surface area contributed by atoms with Crippen LogP contribution < -0.4 is 0 Å². The highest BCUT2D eigenvalue weighted by molar-refractivity contribution is 6.33. The van der Waals surface area contributed by atoms with E-state index in [9.17, 15) is 5.11 Å². The highest BCUT2D eigenvalue weighted by Gasteiger charge is 2.38. The van der Waals surface area contributed by atoms with E-state index in [-0.39, 0.29) is 5.92 Å². The monoisotopic (exact) mass is 282 g/mol. The lowest BCUT2D eigenvalue weighted by atomic mass is 9.79. The molecule has 3 unspecified atom stereocenters. The largest absolute Gasteiger partial charge is 0.388 e. The van der Waals surface area contributed by atoms with Gasteiger partial charge in [-0.1, -0.05) is 54.9 Å². The summed E-state index contributed by atoms with van der Waals surface area (Å²) in [5.74, 6) is -0.172. The molecule has 1 aromatic rings. The van der Waals surface area contributed by atoms with E-state index < -0.39 is 11.0 Å². The Morgan fingerprint density at radius 2 is 2.00 bits per heavy atom. The smallest absolute Gasteiger partial charge is 0.0872 e. The predicted octanol–water partition coefficient (Wildman–Crippen LogP) is 4.42. The third-order valence-electron chi connectivity index (χ3n) is 3.42. The molecule has 96 valence electrons. The lowest BCUT2D eigenvalue weighted by Crippen LogP contribution is -2.34. The number of hydrogen-bond donors (Lipinski definition) is 1. The highest BCUT2D eigenvalue weighted by atomic mass is 35.5. The van der Waals surface area contributed by atoms with Crippen molar-refractivity contribution < 1.29 is 5.11 Å². The second-order valence-electron chi connectivity index (χ2n) is 4.55. The van der Waals surface area contributed by atoms with Gasteiger partial charge in [-0.15, -0.1) is 11.6 Å². The number of alkyl halides is 1. The molecule has 0 aromatic heterocycles. The molecule has 0 saturated carbocycles. The third-order valence-corrected chi connectivity index (χ3v) is 4.28. The van der Waals surface area contributed by atoms with E-state index in [1.165, 1.54) is 0 Å². The maximum Gasteiger partial charge on any atom is 0.0872 e. The molecule has 0 heterocycles. The molecule has 0 fully saturated rings. The van der Waals surface area contributed by atoms with Crippen molar-refractivity contribution in [1.82, 2.24) is 0 Å². The molecule has 0 spiro atoms. The summed E-state index contributed by atoms with van der Waals surface area (Å²) in [5, 5.41) is 11.1. The van der Waals surface area contributed by atoms with E-state index in [1.807, 2.05) is 49.4 Å². The van der Waals surface area contributed by atoms with Crippen molar-refractivity contribution in [3.8, 4) is 0 Å². The maximum absolute atomic E-state index is 10.5. The standard InChI is InChI=1S/C15H16Cl2O/c1-2-15(17)10-12(16)8-9-13(15)14(18)11-6-4-3-5-7-11/h3-10,13-14,18H,2H2,1H3. The zero-order valence-electron chi connectivity index (χ0n) is 10.2. The summed E-state index contributed by atoms with van der Waals surface area (Å²) in [7, 11) is 0. The molecule has 0 amide bonds. The van der Waals surface area contributed by atoms with Crippen LogP contribution in [0.5, 0.6) is 0 Å². The third kappa shape index (κ3) is 2.64. The van der Waals surface area contributed by atoms with Gasteiger partial charge in [0.25, 0.3) is 0 Å². The molecule has 0 bridgehead atoms. The molecular weight excluding hydrogens is 267 g/mol. The molecule has 3 atom stereocenters. The summed E-state index contributed by atoms with van der Waals surface area (Å²) in [4.78, 5) is -0.624. The molecule has 1 aromatic carbocycles. The molecule has 0 radical (unpaired) electrons. The molecule has 1 N–H and O–H groups in total. The van der Waals surface area contributed by atoms with Crippen LogP contribution in [-0.2, 0) is 0 Å². The quantitative estimate of drug-likeness (QED) is 0.814. The number of rotatable bonds is 3. The van der Waals surface area contributed by atoms with Gasteiger partial charge in [0.2, 0.25) is 0 Å². The topological polar surface area (TPSA) is 20.2 Å². The van der Waals surface area contributed by atoms with E-state index in [2.05, 4.69) is 0 Å². The molecule has 1 aliphatic carbocycles. The first-order valence-electron chi connectivity index (χ1n) is 6.05. The van der Waals surface area contributed by atoms with Gasteiger partial charge < -0.3 is 5.11 Å². The fourth-order valence-corrected chi connectivity index (χ4v) is 2.93. The summed E-state index contributed by atoms with van der Waals surface area (Å²) in [6, 6.07) is 9.57. The van der Waals surface area contributed by atoms with Crippen LogP contribution in [0, 0.1) is 5.92 Å². The lowest BCUT2D eigenvalue weighted by Gasteiger charge is -2.36. The Balaban J connectivity index is 2.31. The van der Waals surface area contributed by atoms with Crippen LogP contribution in [0.15, 0.2) is 53.6 Å². The number of allylic oxidation sites excluding steroid dienone is 3. The fraction of sp³-hybridized carbons (Fsp3) is 0.333. The predicted molar refractivity (Wildman–Crippen MR) is 76.8 cm³/mol. The Morgan fingerprint density at radius 3 is 2.61 bits per heavy atom. The van der Waals surface area contributed by atoms with Gasteiger partial charge in [0.05, 0.1) is 11.0 Å². The Hall–Kier alpha value is -0.760. The minimum absolute atomic E-state index is 0.172. The fourth-order valence-electron chi connectivity index (χ4n) is 2.29. The first-order valence-corrected chi connectivity index (χ1v) is 6.81. The van der Waals surface area contributed by atoms with Crippen molar-refractivity contribution >= 4 is 23.2 Å². The van der Waals surface area contributed by atoms with Crippen LogP contribution >= 0.6 is 23.2 Å². The maximum atomic E-state index is 10.5. The summed E-state index contributed by atoms with van der Waals surface area (Å²) in [5.41, 5.74) is 0.872. The first kappa shape index (κ1) is 13.7.